The fourth-order valence-electron chi connectivity index (χ4n) is 8.64. The Bertz CT molecular complexity index is 3740. The van der Waals surface area contributed by atoms with Crippen LogP contribution in [-0.4, -0.2) is 0 Å². The second-order valence-electron chi connectivity index (χ2n) is 15.5. The Hall–Kier alpha value is -6.70. The number of hydrogen-bond donors (Lipinski definition) is 0. The van der Waals surface area contributed by atoms with E-state index in [-0.39, 0.29) is 51.1 Å². The number of benzene rings is 10. The molecule has 0 saturated heterocycles. The first-order chi connectivity index (χ1) is 30.2. The van der Waals surface area contributed by atoms with Gasteiger partial charge in [0.2, 0.25) is 0 Å². The van der Waals surface area contributed by atoms with Crippen molar-refractivity contribution in [1.82, 2.24) is 0 Å². The maximum absolute atomic E-state index is 9.54. The van der Waals surface area contributed by atoms with Crippen molar-refractivity contribution in [3.05, 3.63) is 181 Å². The van der Waals surface area contributed by atoms with Gasteiger partial charge >= 0.3 is 0 Å². The molecule has 0 bridgehead atoms. The predicted molar refractivity (Wildman–Crippen MR) is 236 cm³/mol. The lowest BCUT2D eigenvalue weighted by molar-refractivity contribution is 0.596. The number of para-hydroxylation sites is 1. The molecule has 10 aromatic carbocycles. The third kappa shape index (κ3) is 4.93. The molecule has 0 radical (unpaired) electrons. The summed E-state index contributed by atoms with van der Waals surface area (Å²) < 4.78 is 80.6. The van der Waals surface area contributed by atoms with Crippen LogP contribution in [0.15, 0.2) is 180 Å². The predicted octanol–water partition coefficient (Wildman–Crippen LogP) is 15.7. The smallest absolute Gasteiger partial charge is 0.143 e. The van der Waals surface area contributed by atoms with Crippen molar-refractivity contribution in [2.24, 2.45) is 0 Å². The van der Waals surface area contributed by atoms with E-state index in [1.54, 1.807) is 0 Å². The third-order valence-corrected chi connectivity index (χ3v) is 11.2. The first-order valence-electron chi connectivity index (χ1n) is 22.6. The maximum atomic E-state index is 9.54. The quantitative estimate of drug-likeness (QED) is 0.131. The zero-order chi connectivity index (χ0) is 43.8. The van der Waals surface area contributed by atoms with Crippen LogP contribution in [0.4, 0.5) is 0 Å². The first-order valence-corrected chi connectivity index (χ1v) is 18.6. The Morgan fingerprint density at radius 1 is 0.418 bits per heavy atom. The minimum absolute atomic E-state index is 0.174. The number of furan rings is 1. The van der Waals surface area contributed by atoms with Crippen molar-refractivity contribution >= 4 is 75.8 Å². The Balaban J connectivity index is 1.25. The second-order valence-corrected chi connectivity index (χ2v) is 15.5. The van der Waals surface area contributed by atoms with Crippen LogP contribution in [0.3, 0.4) is 0 Å². The lowest BCUT2D eigenvalue weighted by Crippen LogP contribution is -2.11. The van der Waals surface area contributed by atoms with Crippen LogP contribution < -0.4 is 0 Å². The largest absolute Gasteiger partial charge is 0.455 e. The van der Waals surface area contributed by atoms with Gasteiger partial charge in [0.1, 0.15) is 11.2 Å². The molecule has 0 spiro atoms. The standard InChI is InChI=1S/C54H38O/c1-54(2,3)49-31-38-29-37(26-27-39(38)41-18-6-7-19-42(41)49)52-45-22-10-8-20-43(45)51(44-21-9-11-23-46(44)52)36-17-12-16-35(28-36)40-24-13-25-47-48-30-33-14-4-5-15-34(33)32-50(48)55-53(40)47/h4-32H,1-3H3/i8D,9D,10D,11D,20D,21D,22D,23D. The Morgan fingerprint density at radius 2 is 1.00 bits per heavy atom. The molecule has 260 valence electrons. The van der Waals surface area contributed by atoms with E-state index < -0.39 is 24.2 Å². The van der Waals surface area contributed by atoms with Gasteiger partial charge in [0.05, 0.1) is 11.0 Å². The minimum Gasteiger partial charge on any atom is -0.455 e. The summed E-state index contributed by atoms with van der Waals surface area (Å²) in [5.41, 5.74) is 5.68. The molecule has 11 rings (SSSR count). The van der Waals surface area contributed by atoms with Gasteiger partial charge < -0.3 is 4.42 Å². The Morgan fingerprint density at radius 3 is 1.69 bits per heavy atom. The normalized spacial score (nSPS) is 14.3. The highest BCUT2D eigenvalue weighted by atomic mass is 16.3. The molecule has 0 amide bonds. The summed E-state index contributed by atoms with van der Waals surface area (Å²) in [6, 6.07) is 39.4. The van der Waals surface area contributed by atoms with Gasteiger partial charge in [0.15, 0.2) is 0 Å². The summed E-state index contributed by atoms with van der Waals surface area (Å²) in [5, 5.41) is 8.93. The fraction of sp³-hybridized carbons (Fsp3) is 0.0741. The van der Waals surface area contributed by atoms with Crippen molar-refractivity contribution < 1.29 is 15.4 Å². The van der Waals surface area contributed by atoms with E-state index in [0.717, 1.165) is 65.4 Å². The summed E-state index contributed by atoms with van der Waals surface area (Å²) >= 11 is 0. The van der Waals surface area contributed by atoms with Crippen LogP contribution >= 0.6 is 0 Å². The highest BCUT2D eigenvalue weighted by molar-refractivity contribution is 6.22. The molecule has 1 nitrogen and oxygen atoms in total. The number of fused-ring (bicyclic) bond motifs is 9. The highest BCUT2D eigenvalue weighted by Gasteiger charge is 2.21. The lowest BCUT2D eigenvalue weighted by Gasteiger charge is -2.23. The summed E-state index contributed by atoms with van der Waals surface area (Å²) in [6.45, 7) is 6.51. The monoisotopic (exact) mass is 710 g/mol. The Labute approximate surface area is 331 Å². The molecule has 0 aliphatic carbocycles. The molecular weight excluding hydrogens is 665 g/mol. The van der Waals surface area contributed by atoms with Crippen LogP contribution in [0.2, 0.25) is 0 Å². The molecule has 1 heteroatoms. The van der Waals surface area contributed by atoms with Crippen LogP contribution in [0, 0.1) is 0 Å². The topological polar surface area (TPSA) is 13.1 Å². The summed E-state index contributed by atoms with van der Waals surface area (Å²) in [6.07, 6.45) is 0. The van der Waals surface area contributed by atoms with Crippen molar-refractivity contribution in [2.45, 2.75) is 26.2 Å². The zero-order valence-electron chi connectivity index (χ0n) is 38.5. The van der Waals surface area contributed by atoms with Gasteiger partial charge in [0.25, 0.3) is 0 Å². The van der Waals surface area contributed by atoms with Crippen LogP contribution in [0.5, 0.6) is 0 Å². The van der Waals surface area contributed by atoms with Crippen LogP contribution in [-0.2, 0) is 5.41 Å². The van der Waals surface area contributed by atoms with E-state index in [0.29, 0.717) is 27.8 Å². The molecule has 11 aromatic rings. The van der Waals surface area contributed by atoms with E-state index in [1.807, 2.05) is 91.0 Å². The average molecular weight is 711 g/mol. The Kier molecular flexibility index (Phi) is 5.32. The van der Waals surface area contributed by atoms with Crippen molar-refractivity contribution in [2.75, 3.05) is 0 Å². The molecule has 0 aliphatic rings. The second kappa shape index (κ2) is 11.9. The molecule has 0 atom stereocenters. The number of rotatable bonds is 3. The van der Waals surface area contributed by atoms with Crippen molar-refractivity contribution in [3.63, 3.8) is 0 Å². The van der Waals surface area contributed by atoms with Gasteiger partial charge in [-0.15, -0.1) is 0 Å². The lowest BCUT2D eigenvalue weighted by atomic mass is 9.81. The van der Waals surface area contributed by atoms with Gasteiger partial charge in [-0.05, 0) is 123 Å². The van der Waals surface area contributed by atoms with E-state index in [2.05, 4.69) is 57.2 Å². The number of hydrogen-bond acceptors (Lipinski definition) is 1. The van der Waals surface area contributed by atoms with Gasteiger partial charge in [0, 0.05) is 16.3 Å². The highest BCUT2D eigenvalue weighted by Crippen LogP contribution is 2.46. The average Bonchev–Trinajstić information content (AvgIpc) is 3.66. The molecule has 0 N–H and O–H groups in total. The third-order valence-electron chi connectivity index (χ3n) is 11.2. The van der Waals surface area contributed by atoms with E-state index in [1.165, 1.54) is 0 Å². The van der Waals surface area contributed by atoms with E-state index in [4.69, 9.17) is 9.90 Å². The zero-order valence-corrected chi connectivity index (χ0v) is 30.5. The first kappa shape index (κ1) is 24.6. The van der Waals surface area contributed by atoms with Crippen molar-refractivity contribution in [3.8, 4) is 33.4 Å². The van der Waals surface area contributed by atoms with E-state index in [9.17, 15) is 5.48 Å². The maximum Gasteiger partial charge on any atom is 0.143 e. The van der Waals surface area contributed by atoms with Gasteiger partial charge in [-0.1, -0.05) is 166 Å². The molecule has 0 aliphatic heterocycles. The summed E-state index contributed by atoms with van der Waals surface area (Å²) in [7, 11) is 0. The van der Waals surface area contributed by atoms with E-state index >= 15 is 0 Å². The SMILES string of the molecule is [2H]c1c([2H])c([2H])c2c(-c3ccc4c(c3)cc(C(C)(C)C)c3ccccc34)c3c([2H])c([2H])c([2H])c([2H])c3c(-c3cccc(-c4cccc5c4oc4cc6ccccc6cc45)c3)c2c1[2H]. The molecule has 0 unspecified atom stereocenters. The molecule has 1 heterocycles. The van der Waals surface area contributed by atoms with Gasteiger partial charge in [-0.25, -0.2) is 0 Å². The molecule has 1 aromatic heterocycles. The molecule has 55 heavy (non-hydrogen) atoms. The van der Waals surface area contributed by atoms with Gasteiger partial charge in [-0.2, -0.15) is 0 Å². The van der Waals surface area contributed by atoms with Gasteiger partial charge in [-0.3, -0.25) is 0 Å². The fourth-order valence-corrected chi connectivity index (χ4v) is 8.64. The summed E-state index contributed by atoms with van der Waals surface area (Å²) in [5.74, 6) is 0. The molecular formula is C54H38O. The molecule has 0 fully saturated rings. The summed E-state index contributed by atoms with van der Waals surface area (Å²) in [4.78, 5) is 0. The molecule has 0 saturated carbocycles. The van der Waals surface area contributed by atoms with Crippen molar-refractivity contribution in [1.29, 1.82) is 0 Å². The van der Waals surface area contributed by atoms with Crippen LogP contribution in [0.25, 0.3) is 109 Å². The van der Waals surface area contributed by atoms with Crippen LogP contribution in [0.1, 0.15) is 37.3 Å². The minimum atomic E-state index is -0.435.